The number of imidazole rings is 1. The molecule has 3 heterocycles. The second kappa shape index (κ2) is 5.31. The van der Waals surface area contributed by atoms with Crippen molar-refractivity contribution in [2.24, 2.45) is 11.8 Å². The number of hydrogen-bond donors (Lipinski definition) is 1. The summed E-state index contributed by atoms with van der Waals surface area (Å²) in [6, 6.07) is 10.1. The maximum absolute atomic E-state index is 11.8. The Balaban J connectivity index is 1.57. The van der Waals surface area contributed by atoms with E-state index < -0.39 is 0 Å². The van der Waals surface area contributed by atoms with Crippen LogP contribution < -0.4 is 5.32 Å². The molecule has 6 nitrogen and oxygen atoms in total. The Labute approximate surface area is 134 Å². The molecule has 6 heteroatoms. The number of fused-ring (bicyclic) bond motifs is 1. The predicted octanol–water partition coefficient (Wildman–Crippen LogP) is 0.885. The topological polar surface area (TPSA) is 67.2 Å². The molecule has 1 N–H and O–H groups in total. The van der Waals surface area contributed by atoms with Gasteiger partial charge in [0.2, 0.25) is 11.8 Å². The average Bonchev–Trinajstić information content (AvgIpc) is 3.19. The lowest BCUT2D eigenvalue weighted by Gasteiger charge is -2.18. The molecule has 4 rings (SSSR count). The van der Waals surface area contributed by atoms with Crippen molar-refractivity contribution in [3.8, 4) is 5.69 Å². The zero-order chi connectivity index (χ0) is 16.0. The highest BCUT2D eigenvalue weighted by atomic mass is 16.2. The molecule has 2 aliphatic rings. The summed E-state index contributed by atoms with van der Waals surface area (Å²) in [4.78, 5) is 30.2. The molecule has 0 radical (unpaired) electrons. The van der Waals surface area contributed by atoms with E-state index in [-0.39, 0.29) is 23.7 Å². The summed E-state index contributed by atoms with van der Waals surface area (Å²) >= 11 is 0. The molecule has 2 fully saturated rings. The molecule has 0 saturated carbocycles. The van der Waals surface area contributed by atoms with E-state index in [4.69, 9.17) is 0 Å². The van der Waals surface area contributed by atoms with Gasteiger partial charge in [-0.3, -0.25) is 24.4 Å². The molecule has 2 aromatic rings. The van der Waals surface area contributed by atoms with Gasteiger partial charge in [0.05, 0.1) is 23.7 Å². The minimum absolute atomic E-state index is 0.129. The molecule has 118 valence electrons. The van der Waals surface area contributed by atoms with Crippen LogP contribution in [0.4, 0.5) is 0 Å². The van der Waals surface area contributed by atoms with Gasteiger partial charge in [-0.25, -0.2) is 4.98 Å². The number of aromatic nitrogens is 2. The van der Waals surface area contributed by atoms with Gasteiger partial charge in [0.25, 0.3) is 0 Å². The van der Waals surface area contributed by atoms with Crippen LogP contribution in [-0.4, -0.2) is 39.4 Å². The van der Waals surface area contributed by atoms with E-state index in [1.165, 1.54) is 0 Å². The number of benzene rings is 1. The van der Waals surface area contributed by atoms with Crippen LogP contribution in [0.1, 0.15) is 11.5 Å². The van der Waals surface area contributed by atoms with E-state index in [1.54, 1.807) is 0 Å². The Morgan fingerprint density at radius 1 is 1.13 bits per heavy atom. The Morgan fingerprint density at radius 3 is 2.43 bits per heavy atom. The molecule has 23 heavy (non-hydrogen) atoms. The standard InChI is InChI=1S/C17H18N4O2/c1-11-18-7-13(21(11)12-5-3-2-4-6-12)8-20-9-14-15(10-20)17(23)19-16(14)22/h2-7,14-15H,8-10H2,1H3,(H,19,22,23)/t14-,15+. The van der Waals surface area contributed by atoms with Crippen molar-refractivity contribution in [1.29, 1.82) is 0 Å². The molecule has 0 bridgehead atoms. The first-order valence-electron chi connectivity index (χ1n) is 7.79. The summed E-state index contributed by atoms with van der Waals surface area (Å²) in [5.41, 5.74) is 2.15. The Hall–Kier alpha value is -2.47. The number of carbonyl (C=O) groups excluding carboxylic acids is 2. The Kier molecular flexibility index (Phi) is 3.27. The van der Waals surface area contributed by atoms with E-state index in [0.717, 1.165) is 17.2 Å². The van der Waals surface area contributed by atoms with Crippen LogP contribution in [0.2, 0.25) is 0 Å². The van der Waals surface area contributed by atoms with Gasteiger partial charge < -0.3 is 0 Å². The van der Waals surface area contributed by atoms with Crippen molar-refractivity contribution in [3.05, 3.63) is 48.0 Å². The highest BCUT2D eigenvalue weighted by Crippen LogP contribution is 2.29. The zero-order valence-electron chi connectivity index (χ0n) is 12.9. The monoisotopic (exact) mass is 310 g/mol. The van der Waals surface area contributed by atoms with Crippen molar-refractivity contribution in [2.75, 3.05) is 13.1 Å². The Bertz CT molecular complexity index is 746. The van der Waals surface area contributed by atoms with Crippen LogP contribution in [-0.2, 0) is 16.1 Å². The molecule has 0 aliphatic carbocycles. The van der Waals surface area contributed by atoms with E-state index in [1.807, 2.05) is 43.5 Å². The molecule has 0 unspecified atom stereocenters. The number of para-hydroxylation sites is 1. The normalized spacial score (nSPS) is 24.0. The second-order valence-corrected chi connectivity index (χ2v) is 6.23. The van der Waals surface area contributed by atoms with Crippen molar-refractivity contribution in [2.45, 2.75) is 13.5 Å². The van der Waals surface area contributed by atoms with Gasteiger partial charge in [0.15, 0.2) is 0 Å². The first kappa shape index (κ1) is 14.1. The quantitative estimate of drug-likeness (QED) is 0.855. The fourth-order valence-corrected chi connectivity index (χ4v) is 3.61. The summed E-state index contributed by atoms with van der Waals surface area (Å²) in [7, 11) is 0. The minimum Gasteiger partial charge on any atom is -0.300 e. The number of carbonyl (C=O) groups is 2. The number of aryl methyl sites for hydroxylation is 1. The first-order valence-corrected chi connectivity index (χ1v) is 7.79. The van der Waals surface area contributed by atoms with Crippen LogP contribution in [0, 0.1) is 18.8 Å². The van der Waals surface area contributed by atoms with Crippen molar-refractivity contribution in [3.63, 3.8) is 0 Å². The summed E-state index contributed by atoms with van der Waals surface area (Å²) in [6.07, 6.45) is 1.87. The van der Waals surface area contributed by atoms with Gasteiger partial charge in [-0.15, -0.1) is 0 Å². The van der Waals surface area contributed by atoms with Gasteiger partial charge in [-0.1, -0.05) is 18.2 Å². The number of amides is 2. The fraction of sp³-hybridized carbons (Fsp3) is 0.353. The molecule has 2 amide bonds. The molecule has 1 aromatic carbocycles. The third-order valence-corrected chi connectivity index (χ3v) is 4.73. The number of rotatable bonds is 3. The van der Waals surface area contributed by atoms with E-state index >= 15 is 0 Å². The SMILES string of the molecule is Cc1ncc(CN2C[C@@H]3C(=O)NC(=O)[C@@H]3C2)n1-c1ccccc1. The van der Waals surface area contributed by atoms with Crippen LogP contribution in [0.3, 0.4) is 0 Å². The van der Waals surface area contributed by atoms with Crippen LogP contribution in [0.15, 0.2) is 36.5 Å². The number of likely N-dealkylation sites (tertiary alicyclic amines) is 1. The molecule has 0 spiro atoms. The van der Waals surface area contributed by atoms with Gasteiger partial charge in [0, 0.05) is 25.3 Å². The molecular weight excluding hydrogens is 292 g/mol. The van der Waals surface area contributed by atoms with E-state index in [0.29, 0.717) is 19.6 Å². The van der Waals surface area contributed by atoms with Crippen molar-refractivity contribution in [1.82, 2.24) is 19.8 Å². The number of nitrogens with one attached hydrogen (secondary N) is 1. The van der Waals surface area contributed by atoms with E-state index in [9.17, 15) is 9.59 Å². The highest BCUT2D eigenvalue weighted by Gasteiger charge is 2.47. The van der Waals surface area contributed by atoms with Crippen LogP contribution >= 0.6 is 0 Å². The molecular formula is C17H18N4O2. The van der Waals surface area contributed by atoms with Gasteiger partial charge in [-0.05, 0) is 19.1 Å². The summed E-state index contributed by atoms with van der Waals surface area (Å²) < 4.78 is 2.12. The third kappa shape index (κ3) is 2.35. The predicted molar refractivity (Wildman–Crippen MR) is 83.7 cm³/mol. The molecule has 2 aliphatic heterocycles. The summed E-state index contributed by atoms with van der Waals surface area (Å²) in [5, 5.41) is 2.42. The smallest absolute Gasteiger partial charge is 0.231 e. The largest absolute Gasteiger partial charge is 0.300 e. The summed E-state index contributed by atoms with van der Waals surface area (Å²) in [6.45, 7) is 3.91. The molecule has 1 aromatic heterocycles. The van der Waals surface area contributed by atoms with Gasteiger partial charge >= 0.3 is 0 Å². The number of imide groups is 1. The lowest BCUT2D eigenvalue weighted by Crippen LogP contribution is -2.31. The van der Waals surface area contributed by atoms with Gasteiger partial charge in [0.1, 0.15) is 5.82 Å². The number of hydrogen-bond acceptors (Lipinski definition) is 4. The lowest BCUT2D eigenvalue weighted by atomic mass is 10.00. The van der Waals surface area contributed by atoms with Crippen molar-refractivity contribution < 1.29 is 9.59 Å². The van der Waals surface area contributed by atoms with Crippen molar-refractivity contribution >= 4 is 11.8 Å². The van der Waals surface area contributed by atoms with Crippen LogP contribution in [0.25, 0.3) is 5.69 Å². The zero-order valence-corrected chi connectivity index (χ0v) is 12.9. The minimum atomic E-state index is -0.198. The maximum atomic E-state index is 11.8. The number of nitrogens with zero attached hydrogens (tertiary/aromatic N) is 3. The maximum Gasteiger partial charge on any atom is 0.231 e. The fourth-order valence-electron chi connectivity index (χ4n) is 3.61. The van der Waals surface area contributed by atoms with E-state index in [2.05, 4.69) is 19.8 Å². The van der Waals surface area contributed by atoms with Gasteiger partial charge in [-0.2, -0.15) is 0 Å². The highest BCUT2D eigenvalue weighted by molar-refractivity contribution is 6.05. The third-order valence-electron chi connectivity index (χ3n) is 4.73. The first-order chi connectivity index (χ1) is 11.1. The average molecular weight is 310 g/mol. The summed E-state index contributed by atoms with van der Waals surface area (Å²) in [5.74, 6) is 0.276. The second-order valence-electron chi connectivity index (χ2n) is 6.23. The lowest BCUT2D eigenvalue weighted by molar-refractivity contribution is -0.126. The molecule has 2 atom stereocenters. The van der Waals surface area contributed by atoms with Crippen LogP contribution in [0.5, 0.6) is 0 Å². The molecule has 2 saturated heterocycles. The Morgan fingerprint density at radius 2 is 1.78 bits per heavy atom.